The van der Waals surface area contributed by atoms with Crippen molar-refractivity contribution in [3.8, 4) is 0 Å². The van der Waals surface area contributed by atoms with Crippen LogP contribution in [0.5, 0.6) is 0 Å². The third-order valence-electron chi connectivity index (χ3n) is 2.52. The fourth-order valence-corrected chi connectivity index (χ4v) is 1.12. The van der Waals surface area contributed by atoms with E-state index in [0.717, 1.165) is 6.54 Å². The number of likely N-dealkylation sites (tertiary alicyclic amines) is 1. The minimum Gasteiger partial charge on any atom is -0.326 e. The van der Waals surface area contributed by atoms with E-state index in [1.54, 1.807) is 0 Å². The zero-order valence-corrected chi connectivity index (χ0v) is 7.93. The van der Waals surface area contributed by atoms with Crippen LogP contribution < -0.4 is 5.73 Å². The molecule has 2 N–H and O–H groups in total. The Morgan fingerprint density at radius 3 is 2.18 bits per heavy atom. The lowest BCUT2D eigenvalue weighted by molar-refractivity contribution is 0.138. The number of nitrogens with two attached hydrogens (primary N) is 1. The molecule has 0 aromatic rings. The number of hydrogen-bond donors (Lipinski definition) is 1. The van der Waals surface area contributed by atoms with E-state index in [9.17, 15) is 0 Å². The van der Waals surface area contributed by atoms with E-state index in [2.05, 4.69) is 25.7 Å². The minimum atomic E-state index is 0.260. The Balaban J connectivity index is 2.24. The Kier molecular flexibility index (Phi) is 2.55. The first-order valence-electron chi connectivity index (χ1n) is 4.48. The maximum Gasteiger partial charge on any atom is 0.0217 e. The van der Waals surface area contributed by atoms with Crippen molar-refractivity contribution in [2.75, 3.05) is 19.6 Å². The molecule has 1 rings (SSSR count). The molecule has 11 heavy (non-hydrogen) atoms. The van der Waals surface area contributed by atoms with Gasteiger partial charge in [-0.2, -0.15) is 0 Å². The van der Waals surface area contributed by atoms with Crippen LogP contribution in [0, 0.1) is 5.41 Å². The van der Waals surface area contributed by atoms with Crippen LogP contribution in [0.3, 0.4) is 0 Å². The van der Waals surface area contributed by atoms with Crippen molar-refractivity contribution in [1.29, 1.82) is 0 Å². The second-order valence-corrected chi connectivity index (χ2v) is 4.63. The molecule has 0 bridgehead atoms. The van der Waals surface area contributed by atoms with Crippen molar-refractivity contribution < 1.29 is 0 Å². The summed E-state index contributed by atoms with van der Waals surface area (Å²) in [4.78, 5) is 2.43. The van der Waals surface area contributed by atoms with Gasteiger partial charge in [-0.25, -0.2) is 0 Å². The molecule has 1 atom stereocenters. The van der Waals surface area contributed by atoms with Gasteiger partial charge in [0, 0.05) is 12.6 Å². The molecular formula is C9H20N2. The van der Waals surface area contributed by atoms with Gasteiger partial charge in [-0.1, -0.05) is 20.8 Å². The van der Waals surface area contributed by atoms with Crippen molar-refractivity contribution >= 4 is 0 Å². The third kappa shape index (κ3) is 2.46. The number of hydrogen-bond acceptors (Lipinski definition) is 2. The molecule has 0 aromatic heterocycles. The molecule has 0 aromatic carbocycles. The summed E-state index contributed by atoms with van der Waals surface area (Å²) in [5.74, 6) is 0. The van der Waals surface area contributed by atoms with E-state index in [1.807, 2.05) is 0 Å². The van der Waals surface area contributed by atoms with Crippen molar-refractivity contribution in [3.63, 3.8) is 0 Å². The molecule has 0 radical (unpaired) electrons. The van der Waals surface area contributed by atoms with E-state index < -0.39 is 0 Å². The topological polar surface area (TPSA) is 29.3 Å². The van der Waals surface area contributed by atoms with Gasteiger partial charge in [0.25, 0.3) is 0 Å². The SMILES string of the molecule is CC(C)(C)C(N)CN1CCC1. The second kappa shape index (κ2) is 3.11. The zero-order valence-electron chi connectivity index (χ0n) is 7.93. The lowest BCUT2D eigenvalue weighted by atomic mass is 9.87. The molecule has 66 valence electrons. The van der Waals surface area contributed by atoms with Crippen molar-refractivity contribution in [2.24, 2.45) is 11.1 Å². The molecule has 1 aliphatic rings. The molecule has 0 amide bonds. The number of nitrogens with zero attached hydrogens (tertiary/aromatic N) is 1. The first kappa shape index (κ1) is 9.01. The maximum atomic E-state index is 6.02. The van der Waals surface area contributed by atoms with E-state index in [4.69, 9.17) is 5.73 Å². The summed E-state index contributed by atoms with van der Waals surface area (Å²) < 4.78 is 0. The summed E-state index contributed by atoms with van der Waals surface area (Å²) in [6.45, 7) is 10.2. The average molecular weight is 156 g/mol. The monoisotopic (exact) mass is 156 g/mol. The Bertz CT molecular complexity index is 122. The molecular weight excluding hydrogens is 136 g/mol. The van der Waals surface area contributed by atoms with Crippen LogP contribution in [-0.2, 0) is 0 Å². The van der Waals surface area contributed by atoms with Crippen LogP contribution in [-0.4, -0.2) is 30.6 Å². The van der Waals surface area contributed by atoms with Gasteiger partial charge in [-0.3, -0.25) is 0 Å². The van der Waals surface area contributed by atoms with Gasteiger partial charge in [0.1, 0.15) is 0 Å². The fraction of sp³-hybridized carbons (Fsp3) is 1.00. The molecule has 2 heteroatoms. The molecule has 1 heterocycles. The molecule has 0 saturated carbocycles. The van der Waals surface area contributed by atoms with Gasteiger partial charge in [0.2, 0.25) is 0 Å². The Labute approximate surface area is 69.8 Å². The third-order valence-corrected chi connectivity index (χ3v) is 2.52. The van der Waals surface area contributed by atoms with Gasteiger partial charge in [-0.15, -0.1) is 0 Å². The van der Waals surface area contributed by atoms with Crippen molar-refractivity contribution in [1.82, 2.24) is 4.90 Å². The first-order chi connectivity index (χ1) is 5.00. The summed E-state index contributed by atoms with van der Waals surface area (Å²) in [6, 6.07) is 0.322. The molecule has 1 aliphatic heterocycles. The average Bonchev–Trinajstić information content (AvgIpc) is 1.75. The summed E-state index contributed by atoms with van der Waals surface area (Å²) in [5, 5.41) is 0. The maximum absolute atomic E-state index is 6.02. The van der Waals surface area contributed by atoms with E-state index >= 15 is 0 Å². The molecule has 0 spiro atoms. The quantitative estimate of drug-likeness (QED) is 0.648. The van der Waals surface area contributed by atoms with Crippen LogP contribution in [0.2, 0.25) is 0 Å². The molecule has 1 fully saturated rings. The molecule has 1 saturated heterocycles. The fourth-order valence-electron chi connectivity index (χ4n) is 1.12. The van der Waals surface area contributed by atoms with Gasteiger partial charge in [-0.05, 0) is 24.9 Å². The van der Waals surface area contributed by atoms with Crippen LogP contribution in [0.25, 0.3) is 0 Å². The van der Waals surface area contributed by atoms with Crippen LogP contribution in [0.4, 0.5) is 0 Å². The Hall–Kier alpha value is -0.0800. The lowest BCUT2D eigenvalue weighted by Gasteiger charge is -2.37. The summed E-state index contributed by atoms with van der Waals surface area (Å²) in [5.41, 5.74) is 6.28. The highest BCUT2D eigenvalue weighted by molar-refractivity contribution is 4.82. The van der Waals surface area contributed by atoms with Crippen LogP contribution in [0.15, 0.2) is 0 Å². The summed E-state index contributed by atoms with van der Waals surface area (Å²) >= 11 is 0. The van der Waals surface area contributed by atoms with E-state index in [0.29, 0.717) is 6.04 Å². The van der Waals surface area contributed by atoms with Crippen molar-refractivity contribution in [2.45, 2.75) is 33.2 Å². The highest BCUT2D eigenvalue weighted by atomic mass is 15.2. The predicted molar refractivity (Wildman–Crippen MR) is 48.5 cm³/mol. The molecule has 2 nitrogen and oxygen atoms in total. The van der Waals surface area contributed by atoms with Crippen molar-refractivity contribution in [3.05, 3.63) is 0 Å². The summed E-state index contributed by atoms with van der Waals surface area (Å²) in [7, 11) is 0. The molecule has 0 aliphatic carbocycles. The summed E-state index contributed by atoms with van der Waals surface area (Å²) in [6.07, 6.45) is 1.36. The normalized spacial score (nSPS) is 22.9. The smallest absolute Gasteiger partial charge is 0.0217 e. The predicted octanol–water partition coefficient (Wildman–Crippen LogP) is 1.07. The Morgan fingerprint density at radius 1 is 1.36 bits per heavy atom. The van der Waals surface area contributed by atoms with Gasteiger partial charge in [0.15, 0.2) is 0 Å². The largest absolute Gasteiger partial charge is 0.326 e. The Morgan fingerprint density at radius 2 is 1.91 bits per heavy atom. The van der Waals surface area contributed by atoms with Gasteiger partial charge >= 0.3 is 0 Å². The van der Waals surface area contributed by atoms with E-state index in [-0.39, 0.29) is 5.41 Å². The van der Waals surface area contributed by atoms with Gasteiger partial charge in [0.05, 0.1) is 0 Å². The minimum absolute atomic E-state index is 0.260. The highest BCUT2D eigenvalue weighted by Crippen LogP contribution is 2.19. The zero-order chi connectivity index (χ0) is 8.48. The van der Waals surface area contributed by atoms with Crippen LogP contribution in [0.1, 0.15) is 27.2 Å². The van der Waals surface area contributed by atoms with Crippen LogP contribution >= 0.6 is 0 Å². The van der Waals surface area contributed by atoms with E-state index in [1.165, 1.54) is 19.5 Å². The second-order valence-electron chi connectivity index (χ2n) is 4.63. The number of rotatable bonds is 2. The highest BCUT2D eigenvalue weighted by Gasteiger charge is 2.24. The standard InChI is InChI=1S/C9H20N2/c1-9(2,3)8(10)7-11-5-4-6-11/h8H,4-7,10H2,1-3H3. The first-order valence-corrected chi connectivity index (χ1v) is 4.48. The molecule has 1 unspecified atom stereocenters. The lowest BCUT2D eigenvalue weighted by Crippen LogP contribution is -2.49. The van der Waals surface area contributed by atoms with Gasteiger partial charge < -0.3 is 10.6 Å².